The third kappa shape index (κ3) is 1.61. The van der Waals surface area contributed by atoms with E-state index in [4.69, 9.17) is 0 Å². The minimum absolute atomic E-state index is 0.0432. The van der Waals surface area contributed by atoms with Crippen molar-refractivity contribution in [3.8, 4) is 0 Å². The lowest BCUT2D eigenvalue weighted by molar-refractivity contribution is -0.384. The minimum Gasteiger partial charge on any atom is -0.268 e. The third-order valence-electron chi connectivity index (χ3n) is 2.27. The number of fused-ring (bicyclic) bond motifs is 1. The second kappa shape index (κ2) is 3.71. The van der Waals surface area contributed by atoms with E-state index in [1.54, 1.807) is 10.0 Å². The van der Waals surface area contributed by atoms with E-state index in [0.717, 1.165) is 4.70 Å². The molecular formula is C10H10N2O3S. The molecule has 1 heterocycles. The van der Waals surface area contributed by atoms with E-state index in [1.165, 1.54) is 23.7 Å². The van der Waals surface area contributed by atoms with Gasteiger partial charge in [-0.25, -0.2) is 0 Å². The van der Waals surface area contributed by atoms with Gasteiger partial charge in [-0.05, 0) is 19.9 Å². The topological polar surface area (TPSA) is 65.1 Å². The summed E-state index contributed by atoms with van der Waals surface area (Å²) < 4.78 is 2.40. The Hall–Kier alpha value is -1.69. The lowest BCUT2D eigenvalue weighted by Crippen LogP contribution is -2.14. The summed E-state index contributed by atoms with van der Waals surface area (Å²) >= 11 is 1.33. The fourth-order valence-electron chi connectivity index (χ4n) is 1.48. The number of nitrogens with zero attached hydrogens (tertiary/aromatic N) is 2. The molecule has 0 N–H and O–H groups in total. The predicted octanol–water partition coefficient (Wildman–Crippen LogP) is 2.55. The first-order chi connectivity index (χ1) is 7.50. The molecule has 0 aliphatic rings. The molecule has 0 radical (unpaired) electrons. The summed E-state index contributed by atoms with van der Waals surface area (Å²) in [6.07, 6.45) is 0. The number of nitro benzene ring substituents is 1. The van der Waals surface area contributed by atoms with Gasteiger partial charge in [-0.15, -0.1) is 0 Å². The average Bonchev–Trinajstić information content (AvgIpc) is 2.56. The van der Waals surface area contributed by atoms with Gasteiger partial charge in [0.2, 0.25) is 0 Å². The van der Waals surface area contributed by atoms with Crippen molar-refractivity contribution in [2.45, 2.75) is 19.9 Å². The lowest BCUT2D eigenvalue weighted by atomic mass is 10.2. The Morgan fingerprint density at radius 2 is 2.12 bits per heavy atom. The molecule has 0 saturated heterocycles. The molecular weight excluding hydrogens is 228 g/mol. The molecule has 0 spiro atoms. The van der Waals surface area contributed by atoms with Crippen LogP contribution in [0.5, 0.6) is 0 Å². The van der Waals surface area contributed by atoms with Crippen LogP contribution in [0.1, 0.15) is 19.9 Å². The number of aromatic nitrogens is 1. The first-order valence-electron chi connectivity index (χ1n) is 4.80. The van der Waals surface area contributed by atoms with Gasteiger partial charge in [0.05, 0.1) is 15.0 Å². The molecule has 0 unspecified atom stereocenters. The third-order valence-corrected chi connectivity index (χ3v) is 3.61. The highest BCUT2D eigenvalue weighted by Gasteiger charge is 2.13. The molecule has 1 aromatic heterocycles. The maximum Gasteiger partial charge on any atom is 0.270 e. The molecule has 0 fully saturated rings. The van der Waals surface area contributed by atoms with E-state index in [9.17, 15) is 14.9 Å². The minimum atomic E-state index is -0.490. The quantitative estimate of drug-likeness (QED) is 0.596. The predicted molar refractivity (Wildman–Crippen MR) is 63.1 cm³/mol. The first kappa shape index (κ1) is 10.8. The highest BCUT2D eigenvalue weighted by molar-refractivity contribution is 7.13. The summed E-state index contributed by atoms with van der Waals surface area (Å²) in [5.74, 6) is 0. The van der Waals surface area contributed by atoms with Gasteiger partial charge in [-0.1, -0.05) is 11.5 Å². The molecule has 5 nitrogen and oxygen atoms in total. The second-order valence-electron chi connectivity index (χ2n) is 3.75. The van der Waals surface area contributed by atoms with E-state index in [0.29, 0.717) is 5.39 Å². The van der Waals surface area contributed by atoms with Crippen LogP contribution in [-0.4, -0.2) is 8.88 Å². The molecule has 0 bridgehead atoms. The van der Waals surface area contributed by atoms with Gasteiger partial charge in [-0.3, -0.25) is 18.9 Å². The molecule has 0 atom stereocenters. The Labute approximate surface area is 95.2 Å². The van der Waals surface area contributed by atoms with Gasteiger partial charge >= 0.3 is 0 Å². The number of hydrogen-bond acceptors (Lipinski definition) is 4. The normalized spacial score (nSPS) is 11.2. The second-order valence-corrected chi connectivity index (χ2v) is 4.77. The Balaban J connectivity index is 2.74. The molecule has 16 heavy (non-hydrogen) atoms. The van der Waals surface area contributed by atoms with Crippen LogP contribution in [0.25, 0.3) is 10.1 Å². The monoisotopic (exact) mass is 238 g/mol. The Morgan fingerprint density at radius 1 is 1.44 bits per heavy atom. The van der Waals surface area contributed by atoms with Crippen LogP contribution in [0.4, 0.5) is 5.69 Å². The molecule has 0 aliphatic carbocycles. The van der Waals surface area contributed by atoms with Crippen molar-refractivity contribution in [1.29, 1.82) is 0 Å². The molecule has 6 heteroatoms. The average molecular weight is 238 g/mol. The van der Waals surface area contributed by atoms with Crippen molar-refractivity contribution in [3.05, 3.63) is 38.7 Å². The number of benzene rings is 1. The van der Waals surface area contributed by atoms with Crippen LogP contribution in [0.15, 0.2) is 23.0 Å². The Bertz CT molecular complexity index is 612. The van der Waals surface area contributed by atoms with Gasteiger partial charge in [-0.2, -0.15) is 0 Å². The maximum absolute atomic E-state index is 11.9. The molecule has 2 aromatic rings. The number of hydrogen-bond donors (Lipinski definition) is 0. The highest BCUT2D eigenvalue weighted by Crippen LogP contribution is 2.23. The first-order valence-corrected chi connectivity index (χ1v) is 5.58. The van der Waals surface area contributed by atoms with Gasteiger partial charge in [0, 0.05) is 18.2 Å². The Kier molecular flexibility index (Phi) is 2.51. The largest absolute Gasteiger partial charge is 0.270 e. The van der Waals surface area contributed by atoms with Crippen molar-refractivity contribution < 1.29 is 4.92 Å². The fourth-order valence-corrected chi connectivity index (χ4v) is 2.46. The van der Waals surface area contributed by atoms with Crippen LogP contribution in [0.3, 0.4) is 0 Å². The van der Waals surface area contributed by atoms with Crippen LogP contribution in [0, 0.1) is 10.1 Å². The van der Waals surface area contributed by atoms with E-state index >= 15 is 0 Å². The molecule has 0 amide bonds. The van der Waals surface area contributed by atoms with Crippen molar-refractivity contribution in [1.82, 2.24) is 3.96 Å². The SMILES string of the molecule is CC(C)n1sc2ccc([N+](=O)[O-])cc2c1=O. The van der Waals surface area contributed by atoms with Crippen molar-refractivity contribution in [2.75, 3.05) is 0 Å². The highest BCUT2D eigenvalue weighted by atomic mass is 32.1. The molecule has 0 saturated carbocycles. The van der Waals surface area contributed by atoms with E-state index in [-0.39, 0.29) is 17.3 Å². The summed E-state index contributed by atoms with van der Waals surface area (Å²) in [5, 5.41) is 11.0. The molecule has 2 rings (SSSR count). The number of non-ortho nitro benzene ring substituents is 1. The van der Waals surface area contributed by atoms with Crippen LogP contribution in [0.2, 0.25) is 0 Å². The number of rotatable bonds is 2. The van der Waals surface area contributed by atoms with Crippen molar-refractivity contribution in [3.63, 3.8) is 0 Å². The van der Waals surface area contributed by atoms with E-state index < -0.39 is 4.92 Å². The van der Waals surface area contributed by atoms with Gasteiger partial charge in [0.1, 0.15) is 0 Å². The number of nitro groups is 1. The molecule has 0 aliphatic heterocycles. The maximum atomic E-state index is 11.9. The zero-order valence-electron chi connectivity index (χ0n) is 8.84. The summed E-state index contributed by atoms with van der Waals surface area (Å²) in [7, 11) is 0. The van der Waals surface area contributed by atoms with Gasteiger partial charge in [0.15, 0.2) is 0 Å². The fraction of sp³-hybridized carbons (Fsp3) is 0.300. The Morgan fingerprint density at radius 3 is 2.69 bits per heavy atom. The van der Waals surface area contributed by atoms with Crippen LogP contribution in [-0.2, 0) is 0 Å². The van der Waals surface area contributed by atoms with Gasteiger partial charge in [0.25, 0.3) is 11.2 Å². The molecule has 84 valence electrons. The van der Waals surface area contributed by atoms with Crippen LogP contribution >= 0.6 is 11.5 Å². The summed E-state index contributed by atoms with van der Waals surface area (Å²) in [6, 6.07) is 4.46. The standard InChI is InChI=1S/C10H10N2O3S/c1-6(2)11-10(13)8-5-7(12(14)15)3-4-9(8)16-11/h3-6H,1-2H3. The van der Waals surface area contributed by atoms with E-state index in [1.807, 2.05) is 13.8 Å². The summed E-state index contributed by atoms with van der Waals surface area (Å²) in [5.41, 5.74) is -0.197. The zero-order valence-corrected chi connectivity index (χ0v) is 9.65. The molecule has 1 aromatic carbocycles. The summed E-state index contributed by atoms with van der Waals surface area (Å²) in [6.45, 7) is 3.82. The summed E-state index contributed by atoms with van der Waals surface area (Å²) in [4.78, 5) is 22.0. The van der Waals surface area contributed by atoms with E-state index in [2.05, 4.69) is 0 Å². The lowest BCUT2D eigenvalue weighted by Gasteiger charge is -2.01. The van der Waals surface area contributed by atoms with Crippen LogP contribution < -0.4 is 5.56 Å². The smallest absolute Gasteiger partial charge is 0.268 e. The van der Waals surface area contributed by atoms with Crippen molar-refractivity contribution >= 4 is 27.3 Å². The van der Waals surface area contributed by atoms with Crippen molar-refractivity contribution in [2.24, 2.45) is 0 Å². The zero-order chi connectivity index (χ0) is 11.9. The van der Waals surface area contributed by atoms with Gasteiger partial charge < -0.3 is 0 Å².